The van der Waals surface area contributed by atoms with Gasteiger partial charge in [-0.1, -0.05) is 12.1 Å². The summed E-state index contributed by atoms with van der Waals surface area (Å²) in [7, 11) is 0. The number of hydrogen-bond donors (Lipinski definition) is 2. The topological polar surface area (TPSA) is 55.1 Å². The average molecular weight is 252 g/mol. The lowest BCUT2D eigenvalue weighted by Gasteiger charge is -2.12. The molecule has 1 aromatic carbocycles. The van der Waals surface area contributed by atoms with Gasteiger partial charge >= 0.3 is 0 Å². The molecule has 0 bridgehead atoms. The summed E-state index contributed by atoms with van der Waals surface area (Å²) in [6.07, 6.45) is 0. The second-order valence-corrected chi connectivity index (χ2v) is 5.43. The quantitative estimate of drug-likeness (QED) is 0.791. The molecule has 1 rings (SSSR count). The maximum absolute atomic E-state index is 11.6. The zero-order valence-corrected chi connectivity index (χ0v) is 11.4. The molecule has 0 saturated carbocycles. The third kappa shape index (κ3) is 4.40. The molecule has 2 atom stereocenters. The Morgan fingerprint density at radius 3 is 2.76 bits per heavy atom. The summed E-state index contributed by atoms with van der Waals surface area (Å²) in [6.45, 7) is 6.46. The number of rotatable bonds is 5. The van der Waals surface area contributed by atoms with Crippen LogP contribution in [0.5, 0.6) is 0 Å². The van der Waals surface area contributed by atoms with Crippen LogP contribution in [0.1, 0.15) is 32.4 Å². The molecule has 94 valence electrons. The van der Waals surface area contributed by atoms with E-state index in [-0.39, 0.29) is 17.2 Å². The van der Waals surface area contributed by atoms with Gasteiger partial charge in [-0.05, 0) is 38.5 Å². The summed E-state index contributed by atoms with van der Waals surface area (Å²) in [6, 6.07) is 8.06. The Morgan fingerprint density at radius 1 is 1.47 bits per heavy atom. The van der Waals surface area contributed by atoms with E-state index in [2.05, 4.69) is 5.32 Å². The van der Waals surface area contributed by atoms with Crippen molar-refractivity contribution >= 4 is 17.7 Å². The number of carbonyl (C=O) groups excluding carboxylic acids is 1. The number of hydrogen-bond acceptors (Lipinski definition) is 3. The molecule has 1 amide bonds. The molecule has 0 saturated heterocycles. The standard InChI is InChI=1S/C13H20N2OS/c1-4-15-13(16)10(3)17-12-7-5-6-11(8-12)9(2)14/h5-10H,4,14H2,1-3H3,(H,15,16). The molecule has 2 unspecified atom stereocenters. The lowest BCUT2D eigenvalue weighted by Crippen LogP contribution is -2.30. The fraction of sp³-hybridized carbons (Fsp3) is 0.462. The van der Waals surface area contributed by atoms with E-state index in [0.29, 0.717) is 6.54 Å². The molecule has 17 heavy (non-hydrogen) atoms. The van der Waals surface area contributed by atoms with Crippen LogP contribution < -0.4 is 11.1 Å². The van der Waals surface area contributed by atoms with Crippen LogP contribution in [0.4, 0.5) is 0 Å². The minimum atomic E-state index is -0.0849. The van der Waals surface area contributed by atoms with Gasteiger partial charge in [0.15, 0.2) is 0 Å². The number of thioether (sulfide) groups is 1. The fourth-order valence-corrected chi connectivity index (χ4v) is 2.41. The van der Waals surface area contributed by atoms with Gasteiger partial charge in [0.1, 0.15) is 0 Å². The van der Waals surface area contributed by atoms with E-state index in [9.17, 15) is 4.79 Å². The number of nitrogens with one attached hydrogen (secondary N) is 1. The number of benzene rings is 1. The smallest absolute Gasteiger partial charge is 0.233 e. The molecule has 0 aromatic heterocycles. The van der Waals surface area contributed by atoms with Crippen LogP contribution in [-0.2, 0) is 4.79 Å². The highest BCUT2D eigenvalue weighted by molar-refractivity contribution is 8.00. The first-order valence-corrected chi connectivity index (χ1v) is 6.72. The van der Waals surface area contributed by atoms with E-state index in [1.54, 1.807) is 11.8 Å². The number of carbonyl (C=O) groups is 1. The molecule has 0 aliphatic heterocycles. The van der Waals surface area contributed by atoms with Crippen LogP contribution in [0.3, 0.4) is 0 Å². The van der Waals surface area contributed by atoms with Crippen molar-refractivity contribution in [3.8, 4) is 0 Å². The van der Waals surface area contributed by atoms with E-state index in [4.69, 9.17) is 5.73 Å². The second-order valence-electron chi connectivity index (χ2n) is 4.02. The molecule has 4 heteroatoms. The first-order valence-electron chi connectivity index (χ1n) is 5.84. The zero-order chi connectivity index (χ0) is 12.8. The van der Waals surface area contributed by atoms with Crippen molar-refractivity contribution in [2.45, 2.75) is 37.0 Å². The molecule has 0 aliphatic rings. The zero-order valence-electron chi connectivity index (χ0n) is 10.6. The molecule has 3 N–H and O–H groups in total. The van der Waals surface area contributed by atoms with Crippen LogP contribution in [-0.4, -0.2) is 17.7 Å². The van der Waals surface area contributed by atoms with Gasteiger partial charge in [-0.15, -0.1) is 11.8 Å². The maximum atomic E-state index is 11.6. The molecular weight excluding hydrogens is 232 g/mol. The fourth-order valence-electron chi connectivity index (χ4n) is 1.45. The Labute approximate surface area is 107 Å². The number of nitrogens with two attached hydrogens (primary N) is 1. The summed E-state index contributed by atoms with van der Waals surface area (Å²) in [5.74, 6) is 0.0729. The van der Waals surface area contributed by atoms with Gasteiger partial charge in [0.05, 0.1) is 5.25 Å². The Balaban J connectivity index is 2.68. The van der Waals surface area contributed by atoms with Crippen molar-refractivity contribution in [1.29, 1.82) is 0 Å². The highest BCUT2D eigenvalue weighted by atomic mass is 32.2. The van der Waals surface area contributed by atoms with Gasteiger partial charge in [-0.3, -0.25) is 4.79 Å². The van der Waals surface area contributed by atoms with Crippen LogP contribution in [0.2, 0.25) is 0 Å². The molecular formula is C13H20N2OS. The van der Waals surface area contributed by atoms with Crippen LogP contribution >= 0.6 is 11.8 Å². The van der Waals surface area contributed by atoms with E-state index in [0.717, 1.165) is 10.5 Å². The summed E-state index contributed by atoms with van der Waals surface area (Å²) in [5, 5.41) is 2.73. The van der Waals surface area contributed by atoms with E-state index in [1.807, 2.05) is 45.0 Å². The first kappa shape index (κ1) is 14.1. The van der Waals surface area contributed by atoms with Crippen LogP contribution in [0.25, 0.3) is 0 Å². The minimum Gasteiger partial charge on any atom is -0.355 e. The second kappa shape index (κ2) is 6.67. The average Bonchev–Trinajstić information content (AvgIpc) is 2.29. The minimum absolute atomic E-state index is 0.0234. The lowest BCUT2D eigenvalue weighted by atomic mass is 10.1. The van der Waals surface area contributed by atoms with Crippen molar-refractivity contribution in [3.05, 3.63) is 29.8 Å². The molecule has 0 heterocycles. The molecule has 0 fully saturated rings. The van der Waals surface area contributed by atoms with Gasteiger partial charge in [0, 0.05) is 17.5 Å². The highest BCUT2D eigenvalue weighted by Crippen LogP contribution is 2.25. The molecule has 0 radical (unpaired) electrons. The summed E-state index contributed by atoms with van der Waals surface area (Å²) >= 11 is 1.56. The van der Waals surface area contributed by atoms with Crippen molar-refractivity contribution < 1.29 is 4.79 Å². The largest absolute Gasteiger partial charge is 0.355 e. The first-order chi connectivity index (χ1) is 8.04. The van der Waals surface area contributed by atoms with Gasteiger partial charge in [-0.25, -0.2) is 0 Å². The van der Waals surface area contributed by atoms with E-state index < -0.39 is 0 Å². The normalized spacial score (nSPS) is 14.1. The van der Waals surface area contributed by atoms with Crippen molar-refractivity contribution in [1.82, 2.24) is 5.32 Å². The van der Waals surface area contributed by atoms with Crippen LogP contribution in [0, 0.1) is 0 Å². The highest BCUT2D eigenvalue weighted by Gasteiger charge is 2.13. The Morgan fingerprint density at radius 2 is 2.18 bits per heavy atom. The molecule has 1 aromatic rings. The van der Waals surface area contributed by atoms with Crippen molar-refractivity contribution in [3.63, 3.8) is 0 Å². The Hall–Kier alpha value is -1.00. The number of amides is 1. The third-order valence-corrected chi connectivity index (χ3v) is 3.51. The van der Waals surface area contributed by atoms with Crippen molar-refractivity contribution in [2.24, 2.45) is 5.73 Å². The van der Waals surface area contributed by atoms with Gasteiger partial charge in [-0.2, -0.15) is 0 Å². The van der Waals surface area contributed by atoms with Crippen molar-refractivity contribution in [2.75, 3.05) is 6.54 Å². The lowest BCUT2D eigenvalue weighted by molar-refractivity contribution is -0.120. The monoisotopic (exact) mass is 252 g/mol. The maximum Gasteiger partial charge on any atom is 0.233 e. The van der Waals surface area contributed by atoms with E-state index in [1.165, 1.54) is 0 Å². The predicted molar refractivity (Wildman–Crippen MR) is 73.0 cm³/mol. The summed E-state index contributed by atoms with van der Waals surface area (Å²) in [4.78, 5) is 12.7. The predicted octanol–water partition coefficient (Wildman–Crippen LogP) is 2.32. The van der Waals surface area contributed by atoms with Gasteiger partial charge < -0.3 is 11.1 Å². The Bertz CT molecular complexity index is 379. The molecule has 0 spiro atoms. The molecule has 3 nitrogen and oxygen atoms in total. The van der Waals surface area contributed by atoms with Gasteiger partial charge in [0.2, 0.25) is 5.91 Å². The summed E-state index contributed by atoms with van der Waals surface area (Å²) in [5.41, 5.74) is 6.93. The Kier molecular flexibility index (Phi) is 5.51. The van der Waals surface area contributed by atoms with Crippen LogP contribution in [0.15, 0.2) is 29.2 Å². The summed E-state index contributed by atoms with van der Waals surface area (Å²) < 4.78 is 0. The van der Waals surface area contributed by atoms with E-state index >= 15 is 0 Å². The SMILES string of the molecule is CCNC(=O)C(C)Sc1cccc(C(C)N)c1. The molecule has 0 aliphatic carbocycles. The van der Waals surface area contributed by atoms with Gasteiger partial charge in [0.25, 0.3) is 0 Å². The third-order valence-electron chi connectivity index (χ3n) is 2.42.